The minimum Gasteiger partial charge on any atom is -0.330 e. The van der Waals surface area contributed by atoms with Gasteiger partial charge in [0.25, 0.3) is 0 Å². The molecule has 2 N–H and O–H groups in total. The first-order chi connectivity index (χ1) is 7.15. The molecule has 0 aliphatic carbocycles. The summed E-state index contributed by atoms with van der Waals surface area (Å²) in [4.78, 5) is 4.43. The molecule has 1 aromatic heterocycles. The van der Waals surface area contributed by atoms with E-state index in [1.807, 2.05) is 24.0 Å². The third-order valence-corrected chi connectivity index (χ3v) is 4.01. The van der Waals surface area contributed by atoms with Crippen molar-refractivity contribution >= 4 is 11.8 Å². The summed E-state index contributed by atoms with van der Waals surface area (Å²) in [6.45, 7) is 7.41. The Hall–Kier alpha value is -0.540. The maximum atomic E-state index is 5.58. The molecule has 1 atom stereocenters. The Morgan fingerprint density at radius 1 is 1.40 bits per heavy atom. The molecule has 0 radical (unpaired) electrons. The van der Waals surface area contributed by atoms with Gasteiger partial charge in [0.2, 0.25) is 0 Å². The monoisotopic (exact) mass is 224 g/mol. The van der Waals surface area contributed by atoms with Gasteiger partial charge in [0.1, 0.15) is 0 Å². The number of nitrogens with two attached hydrogens (primary N) is 1. The fraction of sp³-hybridized carbons (Fsp3) is 0.583. The van der Waals surface area contributed by atoms with Crippen LogP contribution in [0.15, 0.2) is 23.4 Å². The minimum absolute atomic E-state index is 0.594. The normalized spacial score (nSPS) is 13.1. The van der Waals surface area contributed by atoms with Crippen molar-refractivity contribution in [3.05, 3.63) is 23.9 Å². The molecule has 1 unspecified atom stereocenters. The zero-order valence-electron chi connectivity index (χ0n) is 9.73. The molecule has 0 bridgehead atoms. The predicted octanol–water partition coefficient (Wildman–Crippen LogP) is 2.72. The van der Waals surface area contributed by atoms with Gasteiger partial charge in [-0.2, -0.15) is 0 Å². The highest BCUT2D eigenvalue weighted by atomic mass is 32.2. The lowest BCUT2D eigenvalue weighted by Crippen LogP contribution is -2.09. The van der Waals surface area contributed by atoms with Crippen molar-refractivity contribution in [1.29, 1.82) is 0 Å². The standard InChI is InChI=1S/C12H20N2S/c1-9(2)10(3)15-12-11(6-7-13)5-4-8-14-12/h4-5,8-10H,6-7,13H2,1-3H3. The first-order valence-electron chi connectivity index (χ1n) is 5.45. The summed E-state index contributed by atoms with van der Waals surface area (Å²) in [7, 11) is 0. The number of aromatic nitrogens is 1. The Kier molecular flexibility index (Phi) is 5.12. The zero-order chi connectivity index (χ0) is 11.3. The molecule has 15 heavy (non-hydrogen) atoms. The van der Waals surface area contributed by atoms with Gasteiger partial charge in [0, 0.05) is 11.4 Å². The van der Waals surface area contributed by atoms with Gasteiger partial charge in [0.05, 0.1) is 5.03 Å². The van der Waals surface area contributed by atoms with Crippen LogP contribution in [0.2, 0.25) is 0 Å². The Balaban J connectivity index is 2.74. The van der Waals surface area contributed by atoms with Gasteiger partial charge in [-0.3, -0.25) is 0 Å². The van der Waals surface area contributed by atoms with Gasteiger partial charge in [-0.15, -0.1) is 11.8 Å². The number of rotatable bonds is 5. The number of pyridine rings is 1. The smallest absolute Gasteiger partial charge is 0.0994 e. The second kappa shape index (κ2) is 6.13. The number of thioether (sulfide) groups is 1. The largest absolute Gasteiger partial charge is 0.330 e. The van der Waals surface area contributed by atoms with Crippen molar-refractivity contribution in [2.75, 3.05) is 6.54 Å². The lowest BCUT2D eigenvalue weighted by molar-refractivity contribution is 0.641. The molecule has 0 saturated carbocycles. The number of hydrogen-bond acceptors (Lipinski definition) is 3. The van der Waals surface area contributed by atoms with Crippen molar-refractivity contribution in [3.8, 4) is 0 Å². The Bertz CT molecular complexity index is 299. The maximum absolute atomic E-state index is 5.58. The van der Waals surface area contributed by atoms with Crippen LogP contribution in [-0.2, 0) is 6.42 Å². The molecule has 2 nitrogen and oxygen atoms in total. The van der Waals surface area contributed by atoms with E-state index in [4.69, 9.17) is 5.73 Å². The predicted molar refractivity (Wildman–Crippen MR) is 67.2 cm³/mol. The summed E-state index contributed by atoms with van der Waals surface area (Å²) in [6, 6.07) is 4.10. The third kappa shape index (κ3) is 3.84. The van der Waals surface area contributed by atoms with Crippen LogP contribution in [0, 0.1) is 5.92 Å². The Morgan fingerprint density at radius 2 is 2.13 bits per heavy atom. The van der Waals surface area contributed by atoms with Crippen LogP contribution >= 0.6 is 11.8 Å². The Labute approximate surface area is 96.7 Å². The summed E-state index contributed by atoms with van der Waals surface area (Å²) in [5.41, 5.74) is 6.86. The lowest BCUT2D eigenvalue weighted by Gasteiger charge is -2.16. The van der Waals surface area contributed by atoms with Crippen molar-refractivity contribution in [2.45, 2.75) is 37.5 Å². The van der Waals surface area contributed by atoms with E-state index in [2.05, 4.69) is 31.8 Å². The lowest BCUT2D eigenvalue weighted by atomic mass is 10.2. The Morgan fingerprint density at radius 3 is 2.73 bits per heavy atom. The summed E-state index contributed by atoms with van der Waals surface area (Å²) in [5, 5.41) is 1.74. The van der Waals surface area contributed by atoms with E-state index in [9.17, 15) is 0 Å². The van der Waals surface area contributed by atoms with Gasteiger partial charge >= 0.3 is 0 Å². The molecule has 1 aromatic rings. The first kappa shape index (κ1) is 12.5. The van der Waals surface area contributed by atoms with E-state index in [1.54, 1.807) is 0 Å². The quantitative estimate of drug-likeness (QED) is 0.782. The van der Waals surface area contributed by atoms with Crippen LogP contribution in [0.3, 0.4) is 0 Å². The fourth-order valence-electron chi connectivity index (χ4n) is 1.19. The van der Waals surface area contributed by atoms with E-state index >= 15 is 0 Å². The SMILES string of the molecule is CC(C)C(C)Sc1ncccc1CCN. The highest BCUT2D eigenvalue weighted by Gasteiger charge is 2.12. The van der Waals surface area contributed by atoms with E-state index in [0.29, 0.717) is 17.7 Å². The van der Waals surface area contributed by atoms with E-state index < -0.39 is 0 Å². The minimum atomic E-state index is 0.594. The summed E-state index contributed by atoms with van der Waals surface area (Å²) in [6.07, 6.45) is 2.77. The molecule has 3 heteroatoms. The second-order valence-electron chi connectivity index (χ2n) is 4.07. The van der Waals surface area contributed by atoms with Gasteiger partial charge in [0.15, 0.2) is 0 Å². The average molecular weight is 224 g/mol. The molecular weight excluding hydrogens is 204 g/mol. The molecule has 0 amide bonds. The van der Waals surface area contributed by atoms with E-state index in [1.165, 1.54) is 5.56 Å². The average Bonchev–Trinajstić information content (AvgIpc) is 2.21. The van der Waals surface area contributed by atoms with Crippen molar-refractivity contribution < 1.29 is 0 Å². The molecule has 0 aromatic carbocycles. The molecular formula is C12H20N2S. The first-order valence-corrected chi connectivity index (χ1v) is 6.33. The van der Waals surface area contributed by atoms with Gasteiger partial charge in [-0.05, 0) is 30.5 Å². The van der Waals surface area contributed by atoms with Gasteiger partial charge < -0.3 is 5.73 Å². The number of hydrogen-bond donors (Lipinski definition) is 1. The van der Waals surface area contributed by atoms with E-state index in [0.717, 1.165) is 11.4 Å². The van der Waals surface area contributed by atoms with Crippen LogP contribution in [0.1, 0.15) is 26.3 Å². The van der Waals surface area contributed by atoms with Crippen LogP contribution in [-0.4, -0.2) is 16.8 Å². The summed E-state index contributed by atoms with van der Waals surface area (Å²) in [5.74, 6) is 0.669. The zero-order valence-corrected chi connectivity index (χ0v) is 10.6. The van der Waals surface area contributed by atoms with E-state index in [-0.39, 0.29) is 0 Å². The summed E-state index contributed by atoms with van der Waals surface area (Å²) >= 11 is 1.85. The second-order valence-corrected chi connectivity index (χ2v) is 5.44. The molecule has 0 fully saturated rings. The molecule has 0 aliphatic heterocycles. The molecule has 1 rings (SSSR count). The molecule has 0 spiro atoms. The van der Waals surface area contributed by atoms with Crippen LogP contribution in [0.5, 0.6) is 0 Å². The van der Waals surface area contributed by atoms with Gasteiger partial charge in [-0.25, -0.2) is 4.98 Å². The molecule has 1 heterocycles. The highest BCUT2D eigenvalue weighted by Crippen LogP contribution is 2.28. The highest BCUT2D eigenvalue weighted by molar-refractivity contribution is 7.99. The van der Waals surface area contributed by atoms with Crippen molar-refractivity contribution in [2.24, 2.45) is 11.7 Å². The van der Waals surface area contributed by atoms with Crippen LogP contribution in [0.4, 0.5) is 0 Å². The third-order valence-electron chi connectivity index (χ3n) is 2.50. The van der Waals surface area contributed by atoms with Crippen LogP contribution < -0.4 is 5.73 Å². The topological polar surface area (TPSA) is 38.9 Å². The molecule has 0 saturated heterocycles. The molecule has 0 aliphatic rings. The maximum Gasteiger partial charge on any atom is 0.0994 e. The van der Waals surface area contributed by atoms with Crippen molar-refractivity contribution in [3.63, 3.8) is 0 Å². The fourth-order valence-corrected chi connectivity index (χ4v) is 2.26. The van der Waals surface area contributed by atoms with Crippen molar-refractivity contribution in [1.82, 2.24) is 4.98 Å². The number of nitrogens with zero attached hydrogens (tertiary/aromatic N) is 1. The van der Waals surface area contributed by atoms with Crippen LogP contribution in [0.25, 0.3) is 0 Å². The van der Waals surface area contributed by atoms with Gasteiger partial charge in [-0.1, -0.05) is 26.8 Å². The summed E-state index contributed by atoms with van der Waals surface area (Å²) < 4.78 is 0. The molecule has 84 valence electrons.